The lowest BCUT2D eigenvalue weighted by Gasteiger charge is -2.26. The summed E-state index contributed by atoms with van der Waals surface area (Å²) >= 11 is 1.82. The molecule has 1 aromatic heterocycles. The molecule has 1 saturated carbocycles. The van der Waals surface area contributed by atoms with Crippen molar-refractivity contribution in [1.82, 2.24) is 9.88 Å². The van der Waals surface area contributed by atoms with Crippen LogP contribution in [0.5, 0.6) is 0 Å². The van der Waals surface area contributed by atoms with E-state index in [1.807, 2.05) is 29.5 Å². The van der Waals surface area contributed by atoms with Crippen LogP contribution in [0.25, 0.3) is 15.4 Å². The first-order valence-electron chi connectivity index (χ1n) is 8.54. The highest BCUT2D eigenvalue weighted by Crippen LogP contribution is 2.33. The topological polar surface area (TPSA) is 20.5 Å². The predicted octanol–water partition coefficient (Wildman–Crippen LogP) is 4.70. The molecule has 0 amide bonds. The SMILES string of the molecule is [C-]#[N+]c1cccc(-c2nc3c(s2)CCN(C2CCCC2)CC3)c1. The Hall–Kier alpha value is -1.70. The monoisotopic (exact) mass is 323 g/mol. The molecule has 1 aromatic carbocycles. The van der Waals surface area contributed by atoms with Gasteiger partial charge >= 0.3 is 0 Å². The Kier molecular flexibility index (Phi) is 4.15. The number of fused-ring (bicyclic) bond motifs is 1. The molecule has 118 valence electrons. The summed E-state index contributed by atoms with van der Waals surface area (Å²) < 4.78 is 0. The molecule has 1 aliphatic heterocycles. The van der Waals surface area contributed by atoms with Gasteiger partial charge in [0.2, 0.25) is 0 Å². The van der Waals surface area contributed by atoms with Gasteiger partial charge < -0.3 is 0 Å². The van der Waals surface area contributed by atoms with Crippen LogP contribution in [0.3, 0.4) is 0 Å². The molecule has 4 rings (SSSR count). The van der Waals surface area contributed by atoms with Gasteiger partial charge in [0, 0.05) is 30.4 Å². The molecule has 0 spiro atoms. The summed E-state index contributed by atoms with van der Waals surface area (Å²) in [6, 6.07) is 8.65. The van der Waals surface area contributed by atoms with Crippen molar-refractivity contribution < 1.29 is 0 Å². The molecule has 4 heteroatoms. The van der Waals surface area contributed by atoms with E-state index in [0.717, 1.165) is 36.0 Å². The van der Waals surface area contributed by atoms with Crippen molar-refractivity contribution in [3.05, 3.63) is 46.3 Å². The lowest BCUT2D eigenvalue weighted by molar-refractivity contribution is 0.208. The number of thiazole rings is 1. The Balaban J connectivity index is 1.53. The fourth-order valence-electron chi connectivity index (χ4n) is 3.85. The van der Waals surface area contributed by atoms with Gasteiger partial charge in [-0.3, -0.25) is 4.90 Å². The van der Waals surface area contributed by atoms with Crippen LogP contribution in [0.1, 0.15) is 36.3 Å². The van der Waals surface area contributed by atoms with Gasteiger partial charge in [0.15, 0.2) is 5.69 Å². The molecule has 0 bridgehead atoms. The molecule has 0 N–H and O–H groups in total. The maximum absolute atomic E-state index is 7.17. The van der Waals surface area contributed by atoms with Crippen molar-refractivity contribution in [2.45, 2.75) is 44.6 Å². The van der Waals surface area contributed by atoms with Crippen molar-refractivity contribution in [3.8, 4) is 10.6 Å². The highest BCUT2D eigenvalue weighted by atomic mass is 32.1. The van der Waals surface area contributed by atoms with Crippen LogP contribution >= 0.6 is 11.3 Å². The first-order chi connectivity index (χ1) is 11.3. The van der Waals surface area contributed by atoms with Gasteiger partial charge in [0.05, 0.1) is 12.3 Å². The summed E-state index contributed by atoms with van der Waals surface area (Å²) in [5.41, 5.74) is 3.07. The van der Waals surface area contributed by atoms with E-state index >= 15 is 0 Å². The lowest BCUT2D eigenvalue weighted by Crippen LogP contribution is -2.35. The second kappa shape index (κ2) is 6.43. The molecule has 1 aliphatic carbocycles. The normalized spacial score (nSPS) is 19.3. The Labute approximate surface area is 141 Å². The number of nitrogens with zero attached hydrogens (tertiary/aromatic N) is 3. The highest BCUT2D eigenvalue weighted by molar-refractivity contribution is 7.15. The number of hydrogen-bond donors (Lipinski definition) is 0. The zero-order valence-electron chi connectivity index (χ0n) is 13.3. The maximum atomic E-state index is 7.17. The molecule has 2 aromatic rings. The standard InChI is InChI=1S/C19H21N3S/c1-20-15-6-4-5-14(13-15)19-21-17-9-11-22(12-10-18(17)23-19)16-7-2-3-8-16/h4-6,13,16H,2-3,7-12H2. The van der Waals surface area contributed by atoms with Crippen molar-refractivity contribution in [3.63, 3.8) is 0 Å². The molecule has 2 aliphatic rings. The second-order valence-corrected chi connectivity index (χ2v) is 7.61. The third-order valence-corrected chi connectivity index (χ3v) is 6.31. The van der Waals surface area contributed by atoms with E-state index in [1.165, 1.54) is 42.8 Å². The van der Waals surface area contributed by atoms with Crippen LogP contribution in [0.2, 0.25) is 0 Å². The first-order valence-corrected chi connectivity index (χ1v) is 9.35. The second-order valence-electron chi connectivity index (χ2n) is 6.53. The van der Waals surface area contributed by atoms with Gasteiger partial charge in [-0.1, -0.05) is 31.0 Å². The van der Waals surface area contributed by atoms with E-state index in [4.69, 9.17) is 11.6 Å². The fourth-order valence-corrected chi connectivity index (χ4v) is 4.94. The minimum atomic E-state index is 0.695. The fraction of sp³-hybridized carbons (Fsp3) is 0.474. The van der Waals surface area contributed by atoms with Crippen molar-refractivity contribution in [2.75, 3.05) is 13.1 Å². The maximum Gasteiger partial charge on any atom is 0.187 e. The molecule has 3 nitrogen and oxygen atoms in total. The molecule has 0 radical (unpaired) electrons. The summed E-state index contributed by atoms with van der Waals surface area (Å²) in [7, 11) is 0. The van der Waals surface area contributed by atoms with Crippen LogP contribution < -0.4 is 0 Å². The summed E-state index contributed by atoms with van der Waals surface area (Å²) in [5, 5.41) is 1.08. The van der Waals surface area contributed by atoms with E-state index in [9.17, 15) is 0 Å². The minimum absolute atomic E-state index is 0.695. The van der Waals surface area contributed by atoms with E-state index < -0.39 is 0 Å². The van der Waals surface area contributed by atoms with Crippen LogP contribution in [0.15, 0.2) is 24.3 Å². The smallest absolute Gasteiger partial charge is 0.187 e. The lowest BCUT2D eigenvalue weighted by atomic mass is 10.2. The Bertz CT molecular complexity index is 712. The van der Waals surface area contributed by atoms with Gasteiger partial charge in [-0.05, 0) is 30.9 Å². The molecule has 0 atom stereocenters. The summed E-state index contributed by atoms with van der Waals surface area (Å²) in [6.07, 6.45) is 7.79. The largest absolute Gasteiger partial charge is 0.300 e. The van der Waals surface area contributed by atoms with Gasteiger partial charge in [0.1, 0.15) is 5.01 Å². The first kappa shape index (κ1) is 14.9. The van der Waals surface area contributed by atoms with Crippen LogP contribution in [-0.2, 0) is 12.8 Å². The summed E-state index contributed by atoms with van der Waals surface area (Å²) in [6.45, 7) is 9.51. The van der Waals surface area contributed by atoms with Gasteiger partial charge in [0.25, 0.3) is 0 Å². The summed E-state index contributed by atoms with van der Waals surface area (Å²) in [5.74, 6) is 0. The minimum Gasteiger partial charge on any atom is -0.300 e. The Morgan fingerprint density at radius 3 is 2.83 bits per heavy atom. The number of aromatic nitrogens is 1. The Morgan fingerprint density at radius 1 is 1.17 bits per heavy atom. The molecule has 2 heterocycles. The average Bonchev–Trinajstić information content (AvgIpc) is 3.22. The molecule has 1 fully saturated rings. The third-order valence-electron chi connectivity index (χ3n) is 5.10. The van der Waals surface area contributed by atoms with Gasteiger partial charge in [-0.2, -0.15) is 0 Å². The molecule has 0 saturated heterocycles. The average molecular weight is 323 g/mol. The van der Waals surface area contributed by atoms with E-state index in [2.05, 4.69) is 15.8 Å². The predicted molar refractivity (Wildman–Crippen MR) is 95.0 cm³/mol. The van der Waals surface area contributed by atoms with Crippen molar-refractivity contribution in [2.24, 2.45) is 0 Å². The summed E-state index contributed by atoms with van der Waals surface area (Å²) in [4.78, 5) is 12.6. The van der Waals surface area contributed by atoms with E-state index in [-0.39, 0.29) is 0 Å². The zero-order chi connectivity index (χ0) is 15.6. The number of rotatable bonds is 2. The van der Waals surface area contributed by atoms with Gasteiger partial charge in [-0.15, -0.1) is 11.3 Å². The third kappa shape index (κ3) is 3.04. The van der Waals surface area contributed by atoms with Crippen LogP contribution in [0, 0.1) is 6.57 Å². The van der Waals surface area contributed by atoms with E-state index in [1.54, 1.807) is 0 Å². The quantitative estimate of drug-likeness (QED) is 0.746. The Morgan fingerprint density at radius 2 is 2.00 bits per heavy atom. The van der Waals surface area contributed by atoms with Crippen LogP contribution in [-0.4, -0.2) is 29.0 Å². The number of benzene rings is 1. The molecule has 0 unspecified atom stereocenters. The number of hydrogen-bond acceptors (Lipinski definition) is 3. The van der Waals surface area contributed by atoms with Crippen LogP contribution in [0.4, 0.5) is 5.69 Å². The highest BCUT2D eigenvalue weighted by Gasteiger charge is 2.26. The van der Waals surface area contributed by atoms with Gasteiger partial charge in [-0.25, -0.2) is 9.83 Å². The molecule has 23 heavy (non-hydrogen) atoms. The molecular weight excluding hydrogens is 302 g/mol. The molecular formula is C19H21N3S. The zero-order valence-corrected chi connectivity index (χ0v) is 14.1. The van der Waals surface area contributed by atoms with Crippen molar-refractivity contribution >= 4 is 17.0 Å². The van der Waals surface area contributed by atoms with E-state index in [0.29, 0.717) is 5.69 Å². The van der Waals surface area contributed by atoms with Crippen molar-refractivity contribution in [1.29, 1.82) is 0 Å².